The summed E-state index contributed by atoms with van der Waals surface area (Å²) in [6, 6.07) is 0. The lowest BCUT2D eigenvalue weighted by Crippen LogP contribution is -2.30. The lowest BCUT2D eigenvalue weighted by Gasteiger charge is -2.15. The molecule has 2 N–H and O–H groups in total. The van der Waals surface area contributed by atoms with E-state index < -0.39 is 10.0 Å². The van der Waals surface area contributed by atoms with E-state index in [1.807, 2.05) is 0 Å². The SMILES string of the molecule is CC1CCCC1CNS(=O)(=O)c1cnc[nH]1. The van der Waals surface area contributed by atoms with Gasteiger partial charge in [-0.2, -0.15) is 0 Å². The fraction of sp³-hybridized carbons (Fsp3) is 0.700. The van der Waals surface area contributed by atoms with Crippen LogP contribution in [0.2, 0.25) is 0 Å². The highest BCUT2D eigenvalue weighted by Crippen LogP contribution is 2.30. The van der Waals surface area contributed by atoms with Crippen molar-refractivity contribution in [3.8, 4) is 0 Å². The zero-order valence-electron chi connectivity index (χ0n) is 9.31. The number of H-pyrrole nitrogens is 1. The number of aromatic amines is 1. The standard InChI is InChI=1S/C10H17N3O2S/c1-8-3-2-4-9(8)5-13-16(14,15)10-6-11-7-12-10/h6-9,13H,2-5H2,1H3,(H,11,12). The third-order valence-corrected chi connectivity index (χ3v) is 4.69. The van der Waals surface area contributed by atoms with Crippen molar-refractivity contribution in [3.63, 3.8) is 0 Å². The molecule has 1 aliphatic rings. The van der Waals surface area contributed by atoms with Gasteiger partial charge < -0.3 is 4.98 Å². The second-order valence-corrected chi connectivity index (χ2v) is 6.17. The summed E-state index contributed by atoms with van der Waals surface area (Å²) in [5.41, 5.74) is 0. The van der Waals surface area contributed by atoms with Crippen LogP contribution in [-0.4, -0.2) is 24.9 Å². The molecule has 0 aliphatic heterocycles. The maximum atomic E-state index is 11.8. The molecule has 5 nitrogen and oxygen atoms in total. The Morgan fingerprint density at radius 3 is 2.94 bits per heavy atom. The Labute approximate surface area is 95.7 Å². The van der Waals surface area contributed by atoms with E-state index in [1.165, 1.54) is 25.4 Å². The average molecular weight is 243 g/mol. The monoisotopic (exact) mass is 243 g/mol. The lowest BCUT2D eigenvalue weighted by atomic mass is 9.99. The molecular weight excluding hydrogens is 226 g/mol. The van der Waals surface area contributed by atoms with Crippen molar-refractivity contribution in [2.75, 3.05) is 6.54 Å². The molecular formula is C10H17N3O2S. The summed E-state index contributed by atoms with van der Waals surface area (Å²) in [6.07, 6.45) is 6.22. The maximum absolute atomic E-state index is 11.8. The van der Waals surface area contributed by atoms with Crippen LogP contribution in [0.5, 0.6) is 0 Å². The van der Waals surface area contributed by atoms with E-state index >= 15 is 0 Å². The number of hydrogen-bond donors (Lipinski definition) is 2. The van der Waals surface area contributed by atoms with Gasteiger partial charge in [0.2, 0.25) is 0 Å². The van der Waals surface area contributed by atoms with Gasteiger partial charge in [0.05, 0.1) is 12.5 Å². The van der Waals surface area contributed by atoms with E-state index in [4.69, 9.17) is 0 Å². The molecule has 90 valence electrons. The molecule has 1 fully saturated rings. The molecule has 2 rings (SSSR count). The first-order valence-electron chi connectivity index (χ1n) is 5.57. The van der Waals surface area contributed by atoms with E-state index in [2.05, 4.69) is 21.6 Å². The van der Waals surface area contributed by atoms with E-state index in [-0.39, 0.29) is 5.03 Å². The molecule has 1 aromatic rings. The van der Waals surface area contributed by atoms with Crippen LogP contribution in [0.1, 0.15) is 26.2 Å². The number of sulfonamides is 1. The fourth-order valence-electron chi connectivity index (χ4n) is 2.21. The number of rotatable bonds is 4. The van der Waals surface area contributed by atoms with Crippen LogP contribution in [0, 0.1) is 11.8 Å². The van der Waals surface area contributed by atoms with Crippen molar-refractivity contribution in [3.05, 3.63) is 12.5 Å². The number of hydrogen-bond acceptors (Lipinski definition) is 3. The minimum atomic E-state index is -3.40. The zero-order chi connectivity index (χ0) is 11.6. The average Bonchev–Trinajstić information content (AvgIpc) is 2.85. The van der Waals surface area contributed by atoms with Gasteiger partial charge in [-0.15, -0.1) is 0 Å². The normalized spacial score (nSPS) is 26.1. The molecule has 1 saturated carbocycles. The number of nitrogens with zero attached hydrogens (tertiary/aromatic N) is 1. The molecule has 0 radical (unpaired) electrons. The Kier molecular flexibility index (Phi) is 3.30. The van der Waals surface area contributed by atoms with E-state index in [9.17, 15) is 8.42 Å². The van der Waals surface area contributed by atoms with Crippen molar-refractivity contribution in [1.29, 1.82) is 0 Å². The molecule has 2 atom stereocenters. The first kappa shape index (κ1) is 11.6. The van der Waals surface area contributed by atoms with Crippen LogP contribution in [0.4, 0.5) is 0 Å². The zero-order valence-corrected chi connectivity index (χ0v) is 10.1. The molecule has 0 saturated heterocycles. The summed E-state index contributed by atoms with van der Waals surface area (Å²) in [7, 11) is -3.40. The Morgan fingerprint density at radius 1 is 1.56 bits per heavy atom. The fourth-order valence-corrected chi connectivity index (χ4v) is 3.21. The Morgan fingerprint density at radius 2 is 2.38 bits per heavy atom. The molecule has 1 aromatic heterocycles. The van der Waals surface area contributed by atoms with Gasteiger partial charge >= 0.3 is 0 Å². The second kappa shape index (κ2) is 4.55. The first-order chi connectivity index (χ1) is 7.59. The Hall–Kier alpha value is -0.880. The number of imidazole rings is 1. The number of nitrogens with one attached hydrogen (secondary N) is 2. The molecule has 1 aliphatic carbocycles. The summed E-state index contributed by atoms with van der Waals surface area (Å²) in [5.74, 6) is 1.09. The van der Waals surface area contributed by atoms with Gasteiger partial charge in [0.15, 0.2) is 5.03 Å². The van der Waals surface area contributed by atoms with E-state index in [1.54, 1.807) is 0 Å². The topological polar surface area (TPSA) is 74.8 Å². The van der Waals surface area contributed by atoms with Crippen molar-refractivity contribution in [1.82, 2.24) is 14.7 Å². The summed E-state index contributed by atoms with van der Waals surface area (Å²) < 4.78 is 26.2. The Balaban J connectivity index is 1.95. The van der Waals surface area contributed by atoms with Crippen LogP contribution < -0.4 is 4.72 Å². The quantitative estimate of drug-likeness (QED) is 0.832. The minimum Gasteiger partial charge on any atom is -0.335 e. The second-order valence-electron chi connectivity index (χ2n) is 4.44. The minimum absolute atomic E-state index is 0.137. The lowest BCUT2D eigenvalue weighted by molar-refractivity contribution is 0.414. The molecule has 0 aromatic carbocycles. The van der Waals surface area contributed by atoms with Gasteiger partial charge in [0.25, 0.3) is 10.0 Å². The highest BCUT2D eigenvalue weighted by atomic mass is 32.2. The van der Waals surface area contributed by atoms with Crippen LogP contribution >= 0.6 is 0 Å². The summed E-state index contributed by atoms with van der Waals surface area (Å²) in [4.78, 5) is 6.31. The summed E-state index contributed by atoms with van der Waals surface area (Å²) in [6.45, 7) is 2.71. The van der Waals surface area contributed by atoms with E-state index in [0.717, 1.165) is 6.42 Å². The van der Waals surface area contributed by atoms with Crippen molar-refractivity contribution >= 4 is 10.0 Å². The maximum Gasteiger partial charge on any atom is 0.257 e. The summed E-state index contributed by atoms with van der Waals surface area (Å²) in [5, 5.41) is 0.137. The summed E-state index contributed by atoms with van der Waals surface area (Å²) >= 11 is 0. The van der Waals surface area contributed by atoms with Gasteiger partial charge in [-0.05, 0) is 18.3 Å². The van der Waals surface area contributed by atoms with Crippen molar-refractivity contribution < 1.29 is 8.42 Å². The van der Waals surface area contributed by atoms with Gasteiger partial charge in [-0.3, -0.25) is 0 Å². The highest BCUT2D eigenvalue weighted by Gasteiger charge is 2.25. The third kappa shape index (κ3) is 2.44. The molecule has 0 spiro atoms. The van der Waals surface area contributed by atoms with Crippen LogP contribution in [0.15, 0.2) is 17.6 Å². The molecule has 6 heteroatoms. The molecule has 0 amide bonds. The van der Waals surface area contributed by atoms with Crippen LogP contribution in [0.3, 0.4) is 0 Å². The molecule has 2 unspecified atom stereocenters. The van der Waals surface area contributed by atoms with Gasteiger partial charge in [0, 0.05) is 6.54 Å². The van der Waals surface area contributed by atoms with Gasteiger partial charge in [-0.25, -0.2) is 18.1 Å². The van der Waals surface area contributed by atoms with Crippen LogP contribution in [-0.2, 0) is 10.0 Å². The predicted molar refractivity (Wildman–Crippen MR) is 60.3 cm³/mol. The van der Waals surface area contributed by atoms with Gasteiger partial charge in [0.1, 0.15) is 0 Å². The Bertz CT molecular complexity index is 427. The van der Waals surface area contributed by atoms with Crippen LogP contribution in [0.25, 0.3) is 0 Å². The van der Waals surface area contributed by atoms with Crippen molar-refractivity contribution in [2.45, 2.75) is 31.2 Å². The van der Waals surface area contributed by atoms with E-state index in [0.29, 0.717) is 18.4 Å². The van der Waals surface area contributed by atoms with Crippen molar-refractivity contribution in [2.24, 2.45) is 11.8 Å². The third-order valence-electron chi connectivity index (χ3n) is 3.34. The molecule has 0 bridgehead atoms. The molecule has 1 heterocycles. The largest absolute Gasteiger partial charge is 0.335 e. The van der Waals surface area contributed by atoms with Gasteiger partial charge in [-0.1, -0.05) is 19.8 Å². The predicted octanol–water partition coefficient (Wildman–Crippen LogP) is 1.12. The first-order valence-corrected chi connectivity index (χ1v) is 7.06. The highest BCUT2D eigenvalue weighted by molar-refractivity contribution is 7.89. The smallest absolute Gasteiger partial charge is 0.257 e. The molecule has 16 heavy (non-hydrogen) atoms. The number of aromatic nitrogens is 2.